The van der Waals surface area contributed by atoms with Gasteiger partial charge in [0.15, 0.2) is 0 Å². The predicted octanol–water partition coefficient (Wildman–Crippen LogP) is 4.92. The molecule has 5 heteroatoms. The summed E-state index contributed by atoms with van der Waals surface area (Å²) >= 11 is 6.74. The van der Waals surface area contributed by atoms with Crippen LogP contribution >= 0.6 is 31.9 Å². The number of hydrogen-bond acceptors (Lipinski definition) is 2. The van der Waals surface area contributed by atoms with E-state index in [0.717, 1.165) is 20.3 Å². The summed E-state index contributed by atoms with van der Waals surface area (Å²) in [4.78, 5) is 17.5. The Kier molecular flexibility index (Phi) is 5.09. The van der Waals surface area contributed by atoms with Crippen LogP contribution in [0.1, 0.15) is 6.92 Å². The van der Waals surface area contributed by atoms with Crippen LogP contribution in [0.25, 0.3) is 0 Å². The summed E-state index contributed by atoms with van der Waals surface area (Å²) in [5.41, 5.74) is 1.57. The minimum absolute atomic E-state index is 0.0896. The summed E-state index contributed by atoms with van der Waals surface area (Å²) in [5, 5.41) is 0. The Morgan fingerprint density at radius 3 is 2.00 bits per heavy atom. The van der Waals surface area contributed by atoms with E-state index in [1.807, 2.05) is 48.5 Å². The van der Waals surface area contributed by atoms with Gasteiger partial charge >= 0.3 is 0 Å². The van der Waals surface area contributed by atoms with Crippen molar-refractivity contribution in [3.8, 4) is 0 Å². The molecular formula is C15H12Br2N2O. The third-order valence-electron chi connectivity index (χ3n) is 2.59. The second kappa shape index (κ2) is 6.81. The first-order valence-corrected chi connectivity index (χ1v) is 7.50. The number of anilines is 1. The molecule has 0 aliphatic carbocycles. The third-order valence-corrected chi connectivity index (χ3v) is 3.65. The van der Waals surface area contributed by atoms with Crippen molar-refractivity contribution in [3.63, 3.8) is 0 Å². The molecule has 1 amide bonds. The van der Waals surface area contributed by atoms with Gasteiger partial charge < -0.3 is 0 Å². The third kappa shape index (κ3) is 4.02. The lowest BCUT2D eigenvalue weighted by molar-refractivity contribution is -0.115. The number of carbonyl (C=O) groups excluding carboxylic acids is 1. The molecule has 0 spiro atoms. The molecule has 20 heavy (non-hydrogen) atoms. The number of carbonyl (C=O) groups is 1. The molecule has 0 aliphatic rings. The van der Waals surface area contributed by atoms with Crippen LogP contribution in [0.15, 0.2) is 62.5 Å². The zero-order valence-corrected chi connectivity index (χ0v) is 13.9. The average Bonchev–Trinajstić information content (AvgIpc) is 2.43. The van der Waals surface area contributed by atoms with E-state index in [0.29, 0.717) is 0 Å². The van der Waals surface area contributed by atoms with Gasteiger partial charge in [0, 0.05) is 21.6 Å². The van der Waals surface area contributed by atoms with Gasteiger partial charge in [0.2, 0.25) is 5.91 Å². The van der Waals surface area contributed by atoms with Crippen LogP contribution in [0, 0.1) is 0 Å². The SMILES string of the molecule is CC(=O)N(C=Nc1ccc(Br)cc1)c1ccc(Br)cc1. The maximum atomic E-state index is 11.7. The van der Waals surface area contributed by atoms with Crippen molar-refractivity contribution in [3.05, 3.63) is 57.5 Å². The van der Waals surface area contributed by atoms with Crippen molar-refractivity contribution >= 4 is 55.5 Å². The number of nitrogens with zero attached hydrogens (tertiary/aromatic N) is 2. The molecule has 0 heterocycles. The Hall–Kier alpha value is -1.46. The molecular weight excluding hydrogens is 384 g/mol. The van der Waals surface area contributed by atoms with Gasteiger partial charge in [-0.05, 0) is 48.5 Å². The Morgan fingerprint density at radius 2 is 1.50 bits per heavy atom. The number of halogens is 2. The summed E-state index contributed by atoms with van der Waals surface area (Å²) in [5.74, 6) is -0.0896. The molecule has 0 aliphatic heterocycles. The molecule has 3 nitrogen and oxygen atoms in total. The molecule has 0 radical (unpaired) electrons. The van der Waals surface area contributed by atoms with Gasteiger partial charge in [0.1, 0.15) is 6.34 Å². The van der Waals surface area contributed by atoms with E-state index in [1.54, 1.807) is 0 Å². The molecule has 0 aromatic heterocycles. The van der Waals surface area contributed by atoms with Crippen molar-refractivity contribution < 1.29 is 4.79 Å². The number of aliphatic imine (C=N–C) groups is 1. The second-order valence-corrected chi connectivity index (χ2v) is 5.92. The van der Waals surface area contributed by atoms with Crippen molar-refractivity contribution in [2.45, 2.75) is 6.92 Å². The summed E-state index contributed by atoms with van der Waals surface area (Å²) < 4.78 is 1.96. The molecule has 0 saturated heterocycles. The molecule has 0 saturated carbocycles. The van der Waals surface area contributed by atoms with Gasteiger partial charge in [-0.25, -0.2) is 4.99 Å². The summed E-state index contributed by atoms with van der Waals surface area (Å²) in [6.45, 7) is 1.51. The summed E-state index contributed by atoms with van der Waals surface area (Å²) in [6, 6.07) is 15.1. The van der Waals surface area contributed by atoms with Crippen LogP contribution in [0.4, 0.5) is 11.4 Å². The van der Waals surface area contributed by atoms with Crippen molar-refractivity contribution in [1.82, 2.24) is 0 Å². The maximum absolute atomic E-state index is 11.7. The lowest BCUT2D eigenvalue weighted by Gasteiger charge is -2.15. The second-order valence-electron chi connectivity index (χ2n) is 4.09. The Bertz CT molecular complexity index is 621. The first kappa shape index (κ1) is 14.9. The number of benzene rings is 2. The topological polar surface area (TPSA) is 32.7 Å². The smallest absolute Gasteiger partial charge is 0.229 e. The van der Waals surface area contributed by atoms with Crippen LogP contribution < -0.4 is 4.90 Å². The van der Waals surface area contributed by atoms with E-state index in [4.69, 9.17) is 0 Å². The number of rotatable bonds is 3. The summed E-state index contributed by atoms with van der Waals surface area (Å²) in [7, 11) is 0. The van der Waals surface area contributed by atoms with Crippen molar-refractivity contribution in [2.24, 2.45) is 4.99 Å². The van der Waals surface area contributed by atoms with Crippen LogP contribution in [0.3, 0.4) is 0 Å². The van der Waals surface area contributed by atoms with E-state index < -0.39 is 0 Å². The fourth-order valence-corrected chi connectivity index (χ4v) is 2.11. The molecule has 0 unspecified atom stereocenters. The minimum Gasteiger partial charge on any atom is -0.274 e. The molecule has 0 bridgehead atoms. The van der Waals surface area contributed by atoms with Gasteiger partial charge in [-0.2, -0.15) is 0 Å². The van der Waals surface area contributed by atoms with Crippen LogP contribution in [0.5, 0.6) is 0 Å². The van der Waals surface area contributed by atoms with Gasteiger partial charge in [-0.3, -0.25) is 9.69 Å². The standard InChI is InChI=1S/C15H12Br2N2O/c1-11(20)19(15-8-4-13(17)5-9-15)10-18-14-6-2-12(16)3-7-14/h2-10H,1H3. The number of amides is 1. The Labute approximate surface area is 134 Å². The van der Waals surface area contributed by atoms with E-state index in [2.05, 4.69) is 36.9 Å². The van der Waals surface area contributed by atoms with E-state index in [-0.39, 0.29) is 5.91 Å². The van der Waals surface area contributed by atoms with Crippen LogP contribution in [-0.2, 0) is 4.79 Å². The predicted molar refractivity (Wildman–Crippen MR) is 89.6 cm³/mol. The van der Waals surface area contributed by atoms with E-state index >= 15 is 0 Å². The lowest BCUT2D eigenvalue weighted by Crippen LogP contribution is -2.26. The van der Waals surface area contributed by atoms with Gasteiger partial charge in [-0.15, -0.1) is 0 Å². The molecule has 102 valence electrons. The monoisotopic (exact) mass is 394 g/mol. The number of hydrogen-bond donors (Lipinski definition) is 0. The highest BCUT2D eigenvalue weighted by Gasteiger charge is 2.08. The normalized spacial score (nSPS) is 10.8. The first-order valence-electron chi connectivity index (χ1n) is 5.91. The van der Waals surface area contributed by atoms with E-state index in [9.17, 15) is 4.79 Å². The lowest BCUT2D eigenvalue weighted by atomic mass is 10.3. The van der Waals surface area contributed by atoms with Gasteiger partial charge in [-0.1, -0.05) is 31.9 Å². The van der Waals surface area contributed by atoms with E-state index in [1.165, 1.54) is 18.2 Å². The largest absolute Gasteiger partial charge is 0.274 e. The quantitative estimate of drug-likeness (QED) is 0.536. The average molecular weight is 396 g/mol. The van der Waals surface area contributed by atoms with Crippen molar-refractivity contribution in [1.29, 1.82) is 0 Å². The minimum atomic E-state index is -0.0896. The molecule has 0 N–H and O–H groups in total. The summed E-state index contributed by atoms with van der Waals surface area (Å²) in [6.07, 6.45) is 1.54. The maximum Gasteiger partial charge on any atom is 0.229 e. The molecule has 0 fully saturated rings. The van der Waals surface area contributed by atoms with Crippen molar-refractivity contribution in [2.75, 3.05) is 4.90 Å². The Balaban J connectivity index is 2.23. The fourth-order valence-electron chi connectivity index (χ4n) is 1.58. The Morgan fingerprint density at radius 1 is 1.00 bits per heavy atom. The highest BCUT2D eigenvalue weighted by Crippen LogP contribution is 2.19. The van der Waals surface area contributed by atoms with Crippen LogP contribution in [0.2, 0.25) is 0 Å². The van der Waals surface area contributed by atoms with Gasteiger partial charge in [0.05, 0.1) is 5.69 Å². The zero-order valence-electron chi connectivity index (χ0n) is 10.8. The highest BCUT2D eigenvalue weighted by atomic mass is 79.9. The fraction of sp³-hybridized carbons (Fsp3) is 0.0667. The molecule has 2 rings (SSSR count). The molecule has 0 atom stereocenters. The molecule has 2 aromatic carbocycles. The first-order chi connectivity index (χ1) is 9.56. The zero-order chi connectivity index (χ0) is 14.5. The highest BCUT2D eigenvalue weighted by molar-refractivity contribution is 9.10. The van der Waals surface area contributed by atoms with Crippen LogP contribution in [-0.4, -0.2) is 12.2 Å². The van der Waals surface area contributed by atoms with Gasteiger partial charge in [0.25, 0.3) is 0 Å². The molecule has 2 aromatic rings.